The summed E-state index contributed by atoms with van der Waals surface area (Å²) in [7, 11) is 1.87. The summed E-state index contributed by atoms with van der Waals surface area (Å²) in [4.78, 5) is 12.4. The standard InChI is InChI=1S/C18H22N2O/c1-12(2)14-6-5-7-16(11-14)20-18(21)17-9-8-15(19-4)10-13(17)3/h5-12,19H,1-4H3,(H,20,21). The lowest BCUT2D eigenvalue weighted by Gasteiger charge is -2.11. The van der Waals surface area contributed by atoms with Crippen molar-refractivity contribution in [2.75, 3.05) is 17.7 Å². The molecule has 0 bridgehead atoms. The van der Waals surface area contributed by atoms with E-state index in [0.29, 0.717) is 11.5 Å². The Hall–Kier alpha value is -2.29. The first-order chi connectivity index (χ1) is 10.0. The highest BCUT2D eigenvalue weighted by Gasteiger charge is 2.10. The van der Waals surface area contributed by atoms with E-state index in [4.69, 9.17) is 0 Å². The van der Waals surface area contributed by atoms with Crippen molar-refractivity contribution in [1.29, 1.82) is 0 Å². The number of hydrogen-bond acceptors (Lipinski definition) is 2. The minimum atomic E-state index is -0.0731. The van der Waals surface area contributed by atoms with Crippen LogP contribution in [0.3, 0.4) is 0 Å². The minimum absolute atomic E-state index is 0.0731. The van der Waals surface area contributed by atoms with Gasteiger partial charge in [-0.25, -0.2) is 0 Å². The van der Waals surface area contributed by atoms with E-state index in [-0.39, 0.29) is 5.91 Å². The van der Waals surface area contributed by atoms with Crippen LogP contribution < -0.4 is 10.6 Å². The van der Waals surface area contributed by atoms with Crippen molar-refractivity contribution in [3.8, 4) is 0 Å². The van der Waals surface area contributed by atoms with Gasteiger partial charge in [0.15, 0.2) is 0 Å². The molecule has 2 aromatic rings. The van der Waals surface area contributed by atoms with Gasteiger partial charge in [0, 0.05) is 24.0 Å². The van der Waals surface area contributed by atoms with Gasteiger partial charge in [-0.1, -0.05) is 26.0 Å². The number of amides is 1. The number of hydrogen-bond donors (Lipinski definition) is 2. The van der Waals surface area contributed by atoms with Crippen LogP contribution in [0.25, 0.3) is 0 Å². The maximum absolute atomic E-state index is 12.4. The molecule has 0 atom stereocenters. The second-order valence-electron chi connectivity index (χ2n) is 5.51. The minimum Gasteiger partial charge on any atom is -0.388 e. The lowest BCUT2D eigenvalue weighted by molar-refractivity contribution is 0.102. The molecule has 3 nitrogen and oxygen atoms in total. The smallest absolute Gasteiger partial charge is 0.255 e. The lowest BCUT2D eigenvalue weighted by atomic mass is 10.0. The Balaban J connectivity index is 2.20. The molecule has 2 N–H and O–H groups in total. The van der Waals surface area contributed by atoms with Crippen LogP contribution >= 0.6 is 0 Å². The van der Waals surface area contributed by atoms with Crippen molar-refractivity contribution in [2.24, 2.45) is 0 Å². The number of benzene rings is 2. The Morgan fingerprint density at radius 2 is 1.81 bits per heavy atom. The summed E-state index contributed by atoms with van der Waals surface area (Å²) >= 11 is 0. The zero-order valence-corrected chi connectivity index (χ0v) is 13.0. The van der Waals surface area contributed by atoms with Gasteiger partial charge < -0.3 is 10.6 Å². The van der Waals surface area contributed by atoms with Crippen LogP contribution in [-0.4, -0.2) is 13.0 Å². The van der Waals surface area contributed by atoms with Gasteiger partial charge >= 0.3 is 0 Å². The largest absolute Gasteiger partial charge is 0.388 e. The van der Waals surface area contributed by atoms with Crippen molar-refractivity contribution in [3.05, 3.63) is 59.2 Å². The molecule has 0 fully saturated rings. The number of anilines is 2. The van der Waals surface area contributed by atoms with Gasteiger partial charge in [0.1, 0.15) is 0 Å². The highest BCUT2D eigenvalue weighted by atomic mass is 16.1. The monoisotopic (exact) mass is 282 g/mol. The third kappa shape index (κ3) is 3.63. The molecule has 21 heavy (non-hydrogen) atoms. The number of rotatable bonds is 4. The van der Waals surface area contributed by atoms with E-state index >= 15 is 0 Å². The zero-order valence-electron chi connectivity index (χ0n) is 13.0. The molecule has 0 aliphatic carbocycles. The van der Waals surface area contributed by atoms with Gasteiger partial charge in [-0.15, -0.1) is 0 Å². The first-order valence-electron chi connectivity index (χ1n) is 7.21. The van der Waals surface area contributed by atoms with Crippen molar-refractivity contribution in [3.63, 3.8) is 0 Å². The molecule has 2 rings (SSSR count). The Bertz CT molecular complexity index is 647. The second kappa shape index (κ2) is 6.44. The molecular weight excluding hydrogens is 260 g/mol. The van der Waals surface area contributed by atoms with E-state index in [1.165, 1.54) is 5.56 Å². The molecule has 0 aromatic heterocycles. The van der Waals surface area contributed by atoms with Crippen molar-refractivity contribution < 1.29 is 4.79 Å². The molecular formula is C18H22N2O. The Labute approximate surface area is 126 Å². The molecule has 0 unspecified atom stereocenters. The van der Waals surface area contributed by atoms with Gasteiger partial charge in [-0.3, -0.25) is 4.79 Å². The second-order valence-corrected chi connectivity index (χ2v) is 5.51. The lowest BCUT2D eigenvalue weighted by Crippen LogP contribution is -2.13. The van der Waals surface area contributed by atoms with Crippen molar-refractivity contribution in [2.45, 2.75) is 26.7 Å². The molecule has 0 aliphatic heterocycles. The molecule has 2 aromatic carbocycles. The number of nitrogens with one attached hydrogen (secondary N) is 2. The molecule has 110 valence electrons. The Morgan fingerprint density at radius 3 is 2.43 bits per heavy atom. The summed E-state index contributed by atoms with van der Waals surface area (Å²) in [6, 6.07) is 13.7. The Morgan fingerprint density at radius 1 is 1.05 bits per heavy atom. The quantitative estimate of drug-likeness (QED) is 0.872. The molecule has 0 aliphatic rings. The van der Waals surface area contributed by atoms with E-state index < -0.39 is 0 Å². The van der Waals surface area contributed by atoms with Crippen molar-refractivity contribution in [1.82, 2.24) is 0 Å². The molecule has 0 heterocycles. The van der Waals surface area contributed by atoms with Crippen LogP contribution in [0.2, 0.25) is 0 Å². The van der Waals surface area contributed by atoms with E-state index in [1.54, 1.807) is 0 Å². The van der Waals surface area contributed by atoms with Crippen LogP contribution in [0, 0.1) is 6.92 Å². The van der Waals surface area contributed by atoms with E-state index in [2.05, 4.69) is 30.5 Å². The number of aryl methyl sites for hydroxylation is 1. The van der Waals surface area contributed by atoms with Gasteiger partial charge in [-0.05, 0) is 54.3 Å². The van der Waals surface area contributed by atoms with Crippen LogP contribution in [-0.2, 0) is 0 Å². The third-order valence-corrected chi connectivity index (χ3v) is 3.57. The highest BCUT2D eigenvalue weighted by Crippen LogP contribution is 2.20. The van der Waals surface area contributed by atoms with E-state index in [9.17, 15) is 4.79 Å². The van der Waals surface area contributed by atoms with Crippen LogP contribution in [0.1, 0.15) is 41.3 Å². The summed E-state index contributed by atoms with van der Waals surface area (Å²) in [5.41, 5.74) is 4.72. The fourth-order valence-corrected chi connectivity index (χ4v) is 2.25. The number of carbonyl (C=O) groups excluding carboxylic acids is 1. The first-order valence-corrected chi connectivity index (χ1v) is 7.21. The fourth-order valence-electron chi connectivity index (χ4n) is 2.25. The van der Waals surface area contributed by atoms with Gasteiger partial charge in [-0.2, -0.15) is 0 Å². The van der Waals surface area contributed by atoms with Crippen LogP contribution in [0.15, 0.2) is 42.5 Å². The Kier molecular flexibility index (Phi) is 4.63. The molecule has 0 saturated carbocycles. The highest BCUT2D eigenvalue weighted by molar-refractivity contribution is 6.05. The average molecular weight is 282 g/mol. The maximum Gasteiger partial charge on any atom is 0.255 e. The summed E-state index contributed by atoms with van der Waals surface area (Å²) in [5, 5.41) is 6.04. The van der Waals surface area contributed by atoms with Crippen LogP contribution in [0.5, 0.6) is 0 Å². The van der Waals surface area contributed by atoms with Crippen LogP contribution in [0.4, 0.5) is 11.4 Å². The predicted octanol–water partition coefficient (Wildman–Crippen LogP) is 4.41. The average Bonchev–Trinajstić information content (AvgIpc) is 2.47. The van der Waals surface area contributed by atoms with Gasteiger partial charge in [0.25, 0.3) is 5.91 Å². The van der Waals surface area contributed by atoms with Gasteiger partial charge in [0.05, 0.1) is 0 Å². The summed E-state index contributed by atoms with van der Waals surface area (Å²) < 4.78 is 0. The molecule has 0 saturated heterocycles. The SMILES string of the molecule is CNc1ccc(C(=O)Nc2cccc(C(C)C)c2)c(C)c1. The molecule has 1 amide bonds. The normalized spacial score (nSPS) is 10.5. The molecule has 0 spiro atoms. The zero-order chi connectivity index (χ0) is 15.4. The van der Waals surface area contributed by atoms with Crippen molar-refractivity contribution >= 4 is 17.3 Å². The maximum atomic E-state index is 12.4. The molecule has 0 radical (unpaired) electrons. The van der Waals surface area contributed by atoms with E-state index in [0.717, 1.165) is 16.9 Å². The fraction of sp³-hybridized carbons (Fsp3) is 0.278. The molecule has 3 heteroatoms. The summed E-state index contributed by atoms with van der Waals surface area (Å²) in [6.45, 7) is 6.23. The first kappa shape index (κ1) is 15.1. The van der Waals surface area contributed by atoms with Gasteiger partial charge in [0.2, 0.25) is 0 Å². The van der Waals surface area contributed by atoms with E-state index in [1.807, 2.05) is 50.4 Å². The topological polar surface area (TPSA) is 41.1 Å². The third-order valence-electron chi connectivity index (χ3n) is 3.57. The predicted molar refractivity (Wildman–Crippen MR) is 89.2 cm³/mol. The summed E-state index contributed by atoms with van der Waals surface area (Å²) in [6.07, 6.45) is 0. The summed E-state index contributed by atoms with van der Waals surface area (Å²) in [5.74, 6) is 0.370. The number of carbonyl (C=O) groups is 1.